The summed E-state index contributed by atoms with van der Waals surface area (Å²) >= 11 is 0. The Morgan fingerprint density at radius 3 is 2.08 bits per heavy atom. The van der Waals surface area contributed by atoms with E-state index in [4.69, 9.17) is 14.6 Å². The number of carbonyl (C=O) groups excluding carboxylic acids is 3. The van der Waals surface area contributed by atoms with Crippen LogP contribution in [0.15, 0.2) is 72.8 Å². The summed E-state index contributed by atoms with van der Waals surface area (Å²) in [5.74, 6) is -3.61. The molecule has 0 radical (unpaired) electrons. The zero-order valence-electron chi connectivity index (χ0n) is 18.6. The van der Waals surface area contributed by atoms with Crippen LogP contribution in [0.4, 0.5) is 0 Å². The fourth-order valence-corrected chi connectivity index (χ4v) is 4.02. The van der Waals surface area contributed by atoms with Crippen molar-refractivity contribution in [2.45, 2.75) is 23.9 Å². The fourth-order valence-electron chi connectivity index (χ4n) is 4.02. The van der Waals surface area contributed by atoms with Gasteiger partial charge in [-0.1, -0.05) is 42.5 Å². The van der Waals surface area contributed by atoms with Crippen LogP contribution in [0.1, 0.15) is 27.0 Å². The number of hydrogen-bond donors (Lipinski definition) is 5. The smallest absolute Gasteiger partial charge is 0.382 e. The maximum atomic E-state index is 12.7. The second-order valence-corrected chi connectivity index (χ2v) is 8.13. The minimum atomic E-state index is -2.30. The first-order chi connectivity index (χ1) is 17.2. The molecule has 0 spiro atoms. The monoisotopic (exact) mass is 494 g/mol. The quantitative estimate of drug-likeness (QED) is 0.168. The molecule has 4 rings (SSSR count). The van der Waals surface area contributed by atoms with Gasteiger partial charge in [-0.15, -0.1) is 0 Å². The van der Waals surface area contributed by atoms with Gasteiger partial charge in [-0.25, -0.2) is 9.59 Å². The van der Waals surface area contributed by atoms with Crippen molar-refractivity contribution in [3.8, 4) is 11.5 Å². The Kier molecular flexibility index (Phi) is 6.86. The molecule has 0 saturated heterocycles. The lowest BCUT2D eigenvalue weighted by atomic mass is 9.80. The van der Waals surface area contributed by atoms with Crippen molar-refractivity contribution in [2.75, 3.05) is 6.61 Å². The molecular formula is C26H22O10. The lowest BCUT2D eigenvalue weighted by Gasteiger charge is -2.30. The van der Waals surface area contributed by atoms with E-state index < -0.39 is 48.2 Å². The number of ether oxygens (including phenoxy) is 2. The molecule has 0 bridgehead atoms. The number of benzene rings is 3. The van der Waals surface area contributed by atoms with Crippen molar-refractivity contribution in [1.29, 1.82) is 0 Å². The van der Waals surface area contributed by atoms with Gasteiger partial charge >= 0.3 is 11.9 Å². The number of hydrogen-bond acceptors (Lipinski definition) is 10. The standard InChI is InChI=1S/C26H22O10/c27-13-20(29)21(30)22(31)23(32)25(34)35-17-11-7-15(8-12-17)26(14-5-9-16(28)10-6-14)19-4-2-1-3-18(19)24(33)36-26/h1-12,20-22,27-31H,13H2/t20-,21+,22-,26?/m0/s1. The number of Topliss-reactive ketones (excluding diaryl/α,β-unsaturated/α-hetero) is 1. The molecule has 1 aliphatic heterocycles. The lowest BCUT2D eigenvalue weighted by molar-refractivity contribution is -0.157. The third-order valence-electron chi connectivity index (χ3n) is 5.89. The average Bonchev–Trinajstić information content (AvgIpc) is 3.21. The highest BCUT2D eigenvalue weighted by Gasteiger charge is 2.48. The normalized spacial score (nSPS) is 19.1. The highest BCUT2D eigenvalue weighted by Crippen LogP contribution is 2.47. The zero-order chi connectivity index (χ0) is 26.0. The summed E-state index contributed by atoms with van der Waals surface area (Å²) in [6.45, 7) is -0.932. The van der Waals surface area contributed by atoms with Crippen LogP contribution in [-0.2, 0) is 19.9 Å². The van der Waals surface area contributed by atoms with Crippen LogP contribution in [0.2, 0.25) is 0 Å². The van der Waals surface area contributed by atoms with E-state index in [1.54, 1.807) is 36.4 Å². The fraction of sp³-hybridized carbons (Fsp3) is 0.192. The maximum Gasteiger partial charge on any atom is 0.382 e. The molecule has 36 heavy (non-hydrogen) atoms. The number of aliphatic hydroxyl groups is 4. The van der Waals surface area contributed by atoms with E-state index in [1.807, 2.05) is 0 Å². The first-order valence-corrected chi connectivity index (χ1v) is 10.8. The van der Waals surface area contributed by atoms with Crippen LogP contribution in [0.25, 0.3) is 0 Å². The molecule has 0 fully saturated rings. The summed E-state index contributed by atoms with van der Waals surface area (Å²) in [6, 6.07) is 18.7. The summed E-state index contributed by atoms with van der Waals surface area (Å²) in [4.78, 5) is 36.9. The Balaban J connectivity index is 1.64. The number of phenols is 1. The summed E-state index contributed by atoms with van der Waals surface area (Å²) in [5.41, 5.74) is 0.613. The number of rotatable bonds is 8. The van der Waals surface area contributed by atoms with Crippen molar-refractivity contribution in [3.63, 3.8) is 0 Å². The summed E-state index contributed by atoms with van der Waals surface area (Å²) in [7, 11) is 0. The van der Waals surface area contributed by atoms with Gasteiger partial charge in [0, 0.05) is 16.7 Å². The van der Waals surface area contributed by atoms with E-state index in [0.29, 0.717) is 22.3 Å². The molecule has 1 unspecified atom stereocenters. The van der Waals surface area contributed by atoms with E-state index in [2.05, 4.69) is 0 Å². The molecule has 3 aromatic rings. The van der Waals surface area contributed by atoms with Crippen molar-refractivity contribution in [1.82, 2.24) is 0 Å². The van der Waals surface area contributed by atoms with Gasteiger partial charge in [0.25, 0.3) is 5.78 Å². The molecule has 4 atom stereocenters. The Labute approximate surface area is 204 Å². The second kappa shape index (κ2) is 9.88. The number of fused-ring (bicyclic) bond motifs is 1. The maximum absolute atomic E-state index is 12.7. The van der Waals surface area contributed by atoms with Gasteiger partial charge in [-0.2, -0.15) is 0 Å². The van der Waals surface area contributed by atoms with Crippen molar-refractivity contribution in [2.24, 2.45) is 0 Å². The Morgan fingerprint density at radius 1 is 0.889 bits per heavy atom. The summed E-state index contributed by atoms with van der Waals surface area (Å²) in [6.07, 6.45) is -6.21. The van der Waals surface area contributed by atoms with E-state index in [9.17, 15) is 34.8 Å². The minimum Gasteiger partial charge on any atom is -0.508 e. The van der Waals surface area contributed by atoms with Gasteiger partial charge in [-0.3, -0.25) is 4.79 Å². The van der Waals surface area contributed by atoms with Gasteiger partial charge in [0.1, 0.15) is 23.7 Å². The van der Waals surface area contributed by atoms with E-state index >= 15 is 0 Å². The minimum absolute atomic E-state index is 0.0252. The molecule has 0 aromatic heterocycles. The number of phenolic OH excluding ortho intramolecular Hbond substituents is 1. The molecule has 0 saturated carbocycles. The molecule has 5 N–H and O–H groups in total. The first kappa shape index (κ1) is 25.0. The van der Waals surface area contributed by atoms with Gasteiger partial charge in [0.2, 0.25) is 0 Å². The highest BCUT2D eigenvalue weighted by atomic mass is 16.6. The SMILES string of the molecule is O=C(Oc1ccc(C2(c3ccc(O)cc3)OC(=O)c3ccccc32)cc1)C(=O)[C@@H](O)[C@H](O)[C@@H](O)CO. The number of aliphatic hydroxyl groups excluding tert-OH is 4. The van der Waals surface area contributed by atoms with E-state index in [1.165, 1.54) is 36.4 Å². The third-order valence-corrected chi connectivity index (χ3v) is 5.89. The number of cyclic esters (lactones) is 1. The largest absolute Gasteiger partial charge is 0.508 e. The van der Waals surface area contributed by atoms with Gasteiger partial charge < -0.3 is 35.0 Å². The Morgan fingerprint density at radius 2 is 1.47 bits per heavy atom. The number of ketones is 1. The molecule has 1 heterocycles. The molecule has 1 aliphatic rings. The van der Waals surface area contributed by atoms with Crippen LogP contribution in [0.3, 0.4) is 0 Å². The Hall–Kier alpha value is -4.09. The summed E-state index contributed by atoms with van der Waals surface area (Å²) < 4.78 is 10.9. The molecule has 3 aromatic carbocycles. The van der Waals surface area contributed by atoms with Crippen molar-refractivity contribution in [3.05, 3.63) is 95.1 Å². The van der Waals surface area contributed by atoms with E-state index in [0.717, 1.165) is 0 Å². The zero-order valence-corrected chi connectivity index (χ0v) is 18.6. The van der Waals surface area contributed by atoms with Crippen LogP contribution in [0, 0.1) is 0 Å². The predicted molar refractivity (Wildman–Crippen MR) is 122 cm³/mol. The number of carbonyl (C=O) groups is 3. The lowest BCUT2D eigenvalue weighted by Crippen LogP contribution is -2.47. The number of aromatic hydroxyl groups is 1. The molecule has 186 valence electrons. The first-order valence-electron chi connectivity index (χ1n) is 10.8. The topological polar surface area (TPSA) is 171 Å². The summed E-state index contributed by atoms with van der Waals surface area (Å²) in [5, 5.41) is 47.4. The van der Waals surface area contributed by atoms with Crippen molar-refractivity contribution < 1.29 is 49.4 Å². The molecule has 10 heteroatoms. The Bertz CT molecular complexity index is 1280. The molecule has 0 aliphatic carbocycles. The van der Waals surface area contributed by atoms with Crippen LogP contribution in [-0.4, -0.2) is 68.2 Å². The molecule has 0 amide bonds. The molecule has 10 nitrogen and oxygen atoms in total. The number of esters is 2. The predicted octanol–water partition coefficient (Wildman–Crippen LogP) is 0.404. The second-order valence-electron chi connectivity index (χ2n) is 8.13. The van der Waals surface area contributed by atoms with Crippen molar-refractivity contribution >= 4 is 17.7 Å². The van der Waals surface area contributed by atoms with Gasteiger partial charge in [0.15, 0.2) is 11.7 Å². The average molecular weight is 494 g/mol. The highest BCUT2D eigenvalue weighted by molar-refractivity contribution is 6.36. The van der Waals surface area contributed by atoms with Crippen LogP contribution >= 0.6 is 0 Å². The van der Waals surface area contributed by atoms with Gasteiger partial charge in [0.05, 0.1) is 12.2 Å². The van der Waals surface area contributed by atoms with Gasteiger partial charge in [-0.05, 0) is 30.3 Å². The van der Waals surface area contributed by atoms with Crippen LogP contribution in [0.5, 0.6) is 11.5 Å². The molecular weight excluding hydrogens is 472 g/mol. The van der Waals surface area contributed by atoms with E-state index in [-0.39, 0.29) is 11.5 Å². The third kappa shape index (κ3) is 4.34. The van der Waals surface area contributed by atoms with Crippen LogP contribution < -0.4 is 4.74 Å².